The Hall–Kier alpha value is -1.22. The van der Waals surface area contributed by atoms with E-state index in [9.17, 15) is 4.79 Å². The van der Waals surface area contributed by atoms with Gasteiger partial charge in [0.2, 0.25) is 0 Å². The highest BCUT2D eigenvalue weighted by Gasteiger charge is 2.21. The predicted molar refractivity (Wildman–Crippen MR) is 96.3 cm³/mol. The topological polar surface area (TPSA) is 60.9 Å². The molecule has 1 aromatic heterocycles. The van der Waals surface area contributed by atoms with Gasteiger partial charge in [0, 0.05) is 64.0 Å². The number of carbonyl (C=O) groups excluding carboxylic acids is 1. The van der Waals surface area contributed by atoms with E-state index >= 15 is 0 Å². The third-order valence-corrected chi connectivity index (χ3v) is 5.14. The summed E-state index contributed by atoms with van der Waals surface area (Å²) in [5.41, 5.74) is 0. The number of hydrogen-bond donors (Lipinski definition) is 1. The molecule has 1 fully saturated rings. The van der Waals surface area contributed by atoms with E-state index < -0.39 is 0 Å². The first-order chi connectivity index (χ1) is 11.6. The van der Waals surface area contributed by atoms with Crippen molar-refractivity contribution in [1.82, 2.24) is 25.0 Å². The summed E-state index contributed by atoms with van der Waals surface area (Å²) in [5, 5.41) is 5.93. The molecule has 0 spiro atoms. The second kappa shape index (κ2) is 9.93. The number of piperazine rings is 1. The monoisotopic (exact) mass is 355 g/mol. The second-order valence-corrected chi connectivity index (χ2v) is 7.19. The van der Waals surface area contributed by atoms with Gasteiger partial charge in [0.25, 0.3) is 0 Å². The lowest BCUT2D eigenvalue weighted by Gasteiger charge is -2.36. The maximum absolute atomic E-state index is 12.5. The molecule has 0 unspecified atom stereocenters. The number of methoxy groups -OCH3 is 1. The summed E-state index contributed by atoms with van der Waals surface area (Å²) in [7, 11) is 3.80. The number of carbonyl (C=O) groups is 1. The van der Waals surface area contributed by atoms with Crippen LogP contribution in [0.5, 0.6) is 0 Å². The van der Waals surface area contributed by atoms with Crippen molar-refractivity contribution < 1.29 is 9.53 Å². The van der Waals surface area contributed by atoms with Crippen molar-refractivity contribution in [3.63, 3.8) is 0 Å². The number of nitrogens with one attached hydrogen (secondary N) is 1. The zero-order chi connectivity index (χ0) is 17.4. The first-order valence-electron chi connectivity index (χ1n) is 8.43. The van der Waals surface area contributed by atoms with Crippen molar-refractivity contribution in [2.45, 2.75) is 19.5 Å². The van der Waals surface area contributed by atoms with Crippen molar-refractivity contribution >= 4 is 17.4 Å². The highest BCUT2D eigenvalue weighted by atomic mass is 32.1. The van der Waals surface area contributed by atoms with E-state index in [1.807, 2.05) is 5.38 Å². The molecule has 8 heteroatoms. The number of nitrogens with zero attached hydrogens (tertiary/aromatic N) is 4. The Morgan fingerprint density at radius 3 is 2.83 bits per heavy atom. The maximum Gasteiger partial charge on any atom is 0.317 e. The van der Waals surface area contributed by atoms with Crippen LogP contribution in [0.15, 0.2) is 11.6 Å². The van der Waals surface area contributed by atoms with Crippen LogP contribution in [0, 0.1) is 0 Å². The van der Waals surface area contributed by atoms with E-state index in [0.717, 1.165) is 31.2 Å². The quantitative estimate of drug-likeness (QED) is 0.752. The molecule has 1 aromatic rings. The van der Waals surface area contributed by atoms with Crippen molar-refractivity contribution in [3.8, 4) is 0 Å². The van der Waals surface area contributed by atoms with Crippen molar-refractivity contribution in [1.29, 1.82) is 0 Å². The van der Waals surface area contributed by atoms with Gasteiger partial charge in [-0.15, -0.1) is 11.3 Å². The molecule has 1 aliphatic rings. The van der Waals surface area contributed by atoms with Crippen molar-refractivity contribution in [2.24, 2.45) is 0 Å². The molecule has 136 valence electrons. The molecule has 1 N–H and O–H groups in total. The van der Waals surface area contributed by atoms with Gasteiger partial charge in [-0.1, -0.05) is 0 Å². The first-order valence-corrected chi connectivity index (χ1v) is 9.30. The average molecular weight is 356 g/mol. The van der Waals surface area contributed by atoms with Crippen LogP contribution in [-0.2, 0) is 11.3 Å². The van der Waals surface area contributed by atoms with Crippen LogP contribution in [0.4, 0.5) is 4.79 Å². The van der Waals surface area contributed by atoms with Gasteiger partial charge in [0.05, 0.1) is 13.2 Å². The molecule has 2 rings (SSSR count). The van der Waals surface area contributed by atoms with Crippen LogP contribution in [0.25, 0.3) is 0 Å². The van der Waals surface area contributed by atoms with E-state index in [2.05, 4.69) is 34.1 Å². The fraction of sp³-hybridized carbons (Fsp3) is 0.750. The zero-order valence-corrected chi connectivity index (χ0v) is 15.7. The van der Waals surface area contributed by atoms with E-state index in [1.165, 1.54) is 0 Å². The fourth-order valence-corrected chi connectivity index (χ4v) is 3.32. The largest absolute Gasteiger partial charge is 0.383 e. The lowest BCUT2D eigenvalue weighted by Crippen LogP contribution is -2.52. The molecule has 0 aromatic carbocycles. The predicted octanol–water partition coefficient (Wildman–Crippen LogP) is 0.937. The van der Waals surface area contributed by atoms with Gasteiger partial charge in [-0.25, -0.2) is 9.78 Å². The van der Waals surface area contributed by atoms with Crippen LogP contribution >= 0.6 is 11.3 Å². The molecule has 1 atom stereocenters. The van der Waals surface area contributed by atoms with Gasteiger partial charge in [0.1, 0.15) is 5.01 Å². The van der Waals surface area contributed by atoms with E-state index in [-0.39, 0.29) is 6.03 Å². The Morgan fingerprint density at radius 2 is 2.21 bits per heavy atom. The molecule has 2 heterocycles. The van der Waals surface area contributed by atoms with E-state index in [4.69, 9.17) is 4.74 Å². The minimum atomic E-state index is -0.0526. The Balaban J connectivity index is 1.80. The van der Waals surface area contributed by atoms with Crippen LogP contribution in [-0.4, -0.2) is 91.8 Å². The van der Waals surface area contributed by atoms with Crippen molar-refractivity contribution in [3.05, 3.63) is 16.6 Å². The first kappa shape index (κ1) is 19.1. The van der Waals surface area contributed by atoms with E-state index in [1.54, 1.807) is 29.5 Å². The molecular weight excluding hydrogens is 326 g/mol. The number of rotatable bonds is 8. The smallest absolute Gasteiger partial charge is 0.317 e. The summed E-state index contributed by atoms with van der Waals surface area (Å²) in [4.78, 5) is 23.3. The summed E-state index contributed by atoms with van der Waals surface area (Å²) in [6, 6.07) is 0.287. The summed E-state index contributed by atoms with van der Waals surface area (Å²) in [6.07, 6.45) is 1.77. The third kappa shape index (κ3) is 6.01. The standard InChI is InChI=1S/C16H29N5O2S/c1-14(20-7-5-19(2)6-8-20)12-18-16(22)21(9-10-23-3)13-15-17-4-11-24-15/h4,11,14H,5-10,12-13H2,1-3H3,(H,18,22)/t14-/m1/s1. The third-order valence-electron chi connectivity index (χ3n) is 4.37. The molecule has 24 heavy (non-hydrogen) atoms. The molecule has 0 saturated carbocycles. The number of likely N-dealkylation sites (N-methyl/N-ethyl adjacent to an activating group) is 1. The molecule has 7 nitrogen and oxygen atoms in total. The molecule has 0 radical (unpaired) electrons. The number of hydrogen-bond acceptors (Lipinski definition) is 6. The molecule has 1 saturated heterocycles. The number of amides is 2. The van der Waals surface area contributed by atoms with Crippen LogP contribution in [0.1, 0.15) is 11.9 Å². The van der Waals surface area contributed by atoms with Crippen LogP contribution in [0.2, 0.25) is 0 Å². The summed E-state index contributed by atoms with van der Waals surface area (Å²) >= 11 is 1.56. The minimum Gasteiger partial charge on any atom is -0.383 e. The maximum atomic E-state index is 12.5. The fourth-order valence-electron chi connectivity index (χ4n) is 2.69. The lowest BCUT2D eigenvalue weighted by molar-refractivity contribution is 0.115. The summed E-state index contributed by atoms with van der Waals surface area (Å²) < 4.78 is 5.12. The highest BCUT2D eigenvalue weighted by molar-refractivity contribution is 7.09. The van der Waals surface area contributed by atoms with E-state index in [0.29, 0.717) is 32.3 Å². The molecule has 2 amide bonds. The van der Waals surface area contributed by atoms with Gasteiger partial charge in [-0.2, -0.15) is 0 Å². The highest BCUT2D eigenvalue weighted by Crippen LogP contribution is 2.09. The Bertz CT molecular complexity index is 477. The van der Waals surface area contributed by atoms with Gasteiger partial charge >= 0.3 is 6.03 Å². The average Bonchev–Trinajstić information content (AvgIpc) is 3.10. The lowest BCUT2D eigenvalue weighted by atomic mass is 10.2. The zero-order valence-electron chi connectivity index (χ0n) is 14.9. The van der Waals surface area contributed by atoms with Gasteiger partial charge < -0.3 is 19.9 Å². The van der Waals surface area contributed by atoms with Gasteiger partial charge in [0.15, 0.2) is 0 Å². The second-order valence-electron chi connectivity index (χ2n) is 6.21. The Kier molecular flexibility index (Phi) is 7.90. The number of urea groups is 1. The van der Waals surface area contributed by atoms with Gasteiger partial charge in [-0.3, -0.25) is 4.90 Å². The summed E-state index contributed by atoms with van der Waals surface area (Å²) in [6.45, 7) is 8.72. The molecular formula is C16H29N5O2S. The number of ether oxygens (including phenoxy) is 1. The Morgan fingerprint density at radius 1 is 1.46 bits per heavy atom. The number of thiazole rings is 1. The Labute approximate surface area is 148 Å². The molecule has 0 aliphatic carbocycles. The van der Waals surface area contributed by atoms with Crippen LogP contribution < -0.4 is 5.32 Å². The SMILES string of the molecule is COCCN(Cc1nccs1)C(=O)NC[C@@H](C)N1CCN(C)CC1. The normalized spacial score (nSPS) is 17.6. The number of aromatic nitrogens is 1. The van der Waals surface area contributed by atoms with Gasteiger partial charge in [-0.05, 0) is 14.0 Å². The minimum absolute atomic E-state index is 0.0526. The van der Waals surface area contributed by atoms with Crippen LogP contribution in [0.3, 0.4) is 0 Å². The molecule has 1 aliphatic heterocycles. The summed E-state index contributed by atoms with van der Waals surface area (Å²) in [5.74, 6) is 0. The van der Waals surface area contributed by atoms with Crippen molar-refractivity contribution in [2.75, 3.05) is 60.0 Å². The molecule has 0 bridgehead atoms.